The van der Waals surface area contributed by atoms with Crippen LogP contribution >= 0.6 is 27.7 Å². The van der Waals surface area contributed by atoms with E-state index in [1.54, 1.807) is 11.8 Å². The van der Waals surface area contributed by atoms with Gasteiger partial charge in [0.2, 0.25) is 5.91 Å². The van der Waals surface area contributed by atoms with Crippen LogP contribution in [0.5, 0.6) is 0 Å². The summed E-state index contributed by atoms with van der Waals surface area (Å²) in [4.78, 5) is 12.9. The van der Waals surface area contributed by atoms with Gasteiger partial charge in [-0.1, -0.05) is 27.6 Å². The number of carbonyl (C=O) groups is 1. The number of rotatable bonds is 6. The SMILES string of the molecule is O=C(CCSc1ccc(Br)cc1)NCC1=CCOCC1. The Bertz CT molecular complexity index is 473. The van der Waals surface area contributed by atoms with Gasteiger partial charge in [-0.25, -0.2) is 0 Å². The van der Waals surface area contributed by atoms with E-state index in [1.807, 2.05) is 12.1 Å². The molecule has 0 aromatic heterocycles. The van der Waals surface area contributed by atoms with E-state index in [4.69, 9.17) is 4.74 Å². The third-order valence-electron chi connectivity index (χ3n) is 2.98. The minimum atomic E-state index is 0.113. The van der Waals surface area contributed by atoms with Crippen LogP contribution in [0.2, 0.25) is 0 Å². The van der Waals surface area contributed by atoms with E-state index < -0.39 is 0 Å². The highest BCUT2D eigenvalue weighted by Gasteiger charge is 2.06. The first-order chi connectivity index (χ1) is 9.74. The molecule has 3 nitrogen and oxygen atoms in total. The summed E-state index contributed by atoms with van der Waals surface area (Å²) in [5, 5.41) is 2.96. The van der Waals surface area contributed by atoms with Gasteiger partial charge in [0.25, 0.3) is 0 Å². The molecule has 1 aromatic rings. The molecule has 0 radical (unpaired) electrons. The molecule has 108 valence electrons. The maximum absolute atomic E-state index is 11.7. The Morgan fingerprint density at radius 1 is 1.35 bits per heavy atom. The normalized spacial score (nSPS) is 14.8. The monoisotopic (exact) mass is 355 g/mol. The number of benzene rings is 1. The number of thioether (sulfide) groups is 1. The number of carbonyl (C=O) groups excluding carboxylic acids is 1. The second-order valence-electron chi connectivity index (χ2n) is 4.52. The molecule has 2 rings (SSSR count). The zero-order chi connectivity index (χ0) is 14.2. The average molecular weight is 356 g/mol. The largest absolute Gasteiger partial charge is 0.377 e. The Kier molecular flexibility index (Phi) is 6.63. The Balaban J connectivity index is 1.62. The van der Waals surface area contributed by atoms with E-state index in [2.05, 4.69) is 39.5 Å². The van der Waals surface area contributed by atoms with Gasteiger partial charge in [-0.15, -0.1) is 11.8 Å². The van der Waals surface area contributed by atoms with Crippen molar-refractivity contribution >= 4 is 33.6 Å². The summed E-state index contributed by atoms with van der Waals surface area (Å²) < 4.78 is 6.31. The molecule has 0 bridgehead atoms. The van der Waals surface area contributed by atoms with Crippen molar-refractivity contribution in [1.82, 2.24) is 5.32 Å². The lowest BCUT2D eigenvalue weighted by Gasteiger charge is -2.14. The Morgan fingerprint density at radius 2 is 2.15 bits per heavy atom. The van der Waals surface area contributed by atoms with Crippen LogP contribution < -0.4 is 5.32 Å². The summed E-state index contributed by atoms with van der Waals surface area (Å²) in [6, 6.07) is 8.14. The molecule has 0 atom stereocenters. The van der Waals surface area contributed by atoms with E-state index in [0.717, 1.165) is 23.3 Å². The van der Waals surface area contributed by atoms with Gasteiger partial charge in [0, 0.05) is 28.1 Å². The molecule has 0 saturated heterocycles. The third-order valence-corrected chi connectivity index (χ3v) is 4.52. The standard InChI is InChI=1S/C15H18BrNO2S/c16-13-1-3-14(4-2-13)20-10-7-15(18)17-11-12-5-8-19-9-6-12/h1-5H,6-11H2,(H,17,18). The van der Waals surface area contributed by atoms with Crippen LogP contribution in [-0.2, 0) is 9.53 Å². The van der Waals surface area contributed by atoms with Crippen molar-refractivity contribution in [3.63, 3.8) is 0 Å². The molecule has 1 aromatic carbocycles. The summed E-state index contributed by atoms with van der Waals surface area (Å²) in [6.45, 7) is 2.09. The molecule has 0 aliphatic carbocycles. The average Bonchev–Trinajstić information content (AvgIpc) is 2.48. The minimum Gasteiger partial charge on any atom is -0.377 e. The third kappa shape index (κ3) is 5.69. The summed E-state index contributed by atoms with van der Waals surface area (Å²) in [5.41, 5.74) is 1.27. The quantitative estimate of drug-likeness (QED) is 0.627. The first-order valence-electron chi connectivity index (χ1n) is 6.65. The molecule has 20 heavy (non-hydrogen) atoms. The van der Waals surface area contributed by atoms with E-state index in [0.29, 0.717) is 19.6 Å². The maximum atomic E-state index is 11.7. The number of hydrogen-bond donors (Lipinski definition) is 1. The molecule has 1 aliphatic heterocycles. The lowest BCUT2D eigenvalue weighted by atomic mass is 10.1. The Hall–Kier alpha value is -0.780. The molecular weight excluding hydrogens is 338 g/mol. The van der Waals surface area contributed by atoms with Gasteiger partial charge in [0.05, 0.1) is 13.2 Å². The number of ether oxygens (including phenoxy) is 1. The minimum absolute atomic E-state index is 0.113. The van der Waals surface area contributed by atoms with Gasteiger partial charge in [0.15, 0.2) is 0 Å². The highest BCUT2D eigenvalue weighted by atomic mass is 79.9. The fourth-order valence-corrected chi connectivity index (χ4v) is 2.93. The number of halogens is 1. The molecule has 0 saturated carbocycles. The number of hydrogen-bond acceptors (Lipinski definition) is 3. The topological polar surface area (TPSA) is 38.3 Å². The molecule has 0 fully saturated rings. The molecule has 5 heteroatoms. The van der Waals surface area contributed by atoms with E-state index in [1.165, 1.54) is 10.5 Å². The first kappa shape index (κ1) is 15.6. The van der Waals surface area contributed by atoms with E-state index in [-0.39, 0.29) is 5.91 Å². The summed E-state index contributed by atoms with van der Waals surface area (Å²) in [7, 11) is 0. The van der Waals surface area contributed by atoms with Crippen molar-refractivity contribution in [3.8, 4) is 0 Å². The fourth-order valence-electron chi connectivity index (χ4n) is 1.82. The van der Waals surface area contributed by atoms with Gasteiger partial charge in [-0.3, -0.25) is 4.79 Å². The second-order valence-corrected chi connectivity index (χ2v) is 6.60. The van der Waals surface area contributed by atoms with Crippen LogP contribution in [0.25, 0.3) is 0 Å². The van der Waals surface area contributed by atoms with Crippen molar-refractivity contribution in [2.45, 2.75) is 17.7 Å². The van der Waals surface area contributed by atoms with Crippen molar-refractivity contribution in [3.05, 3.63) is 40.4 Å². The van der Waals surface area contributed by atoms with Crippen molar-refractivity contribution in [2.24, 2.45) is 0 Å². The molecule has 1 aliphatic rings. The van der Waals surface area contributed by atoms with E-state index >= 15 is 0 Å². The predicted octanol–water partition coefficient (Wildman–Crippen LogP) is 3.39. The van der Waals surface area contributed by atoms with Crippen LogP contribution in [0, 0.1) is 0 Å². The molecular formula is C15H18BrNO2S. The van der Waals surface area contributed by atoms with Gasteiger partial charge in [-0.2, -0.15) is 0 Å². The highest BCUT2D eigenvalue weighted by Crippen LogP contribution is 2.21. The van der Waals surface area contributed by atoms with Crippen LogP contribution in [-0.4, -0.2) is 31.4 Å². The maximum Gasteiger partial charge on any atom is 0.221 e. The molecule has 1 amide bonds. The number of amides is 1. The molecule has 1 N–H and O–H groups in total. The molecule has 0 spiro atoms. The van der Waals surface area contributed by atoms with Gasteiger partial charge in [0.1, 0.15) is 0 Å². The van der Waals surface area contributed by atoms with Crippen LogP contribution in [0.15, 0.2) is 45.3 Å². The van der Waals surface area contributed by atoms with Gasteiger partial charge >= 0.3 is 0 Å². The van der Waals surface area contributed by atoms with Crippen LogP contribution in [0.4, 0.5) is 0 Å². The summed E-state index contributed by atoms with van der Waals surface area (Å²) >= 11 is 5.11. The lowest BCUT2D eigenvalue weighted by molar-refractivity contribution is -0.120. The van der Waals surface area contributed by atoms with Crippen molar-refractivity contribution < 1.29 is 9.53 Å². The highest BCUT2D eigenvalue weighted by molar-refractivity contribution is 9.10. The first-order valence-corrected chi connectivity index (χ1v) is 8.42. The number of nitrogens with one attached hydrogen (secondary N) is 1. The summed E-state index contributed by atoms with van der Waals surface area (Å²) in [5.74, 6) is 0.914. The van der Waals surface area contributed by atoms with Gasteiger partial charge in [-0.05, 0) is 30.7 Å². The van der Waals surface area contributed by atoms with Gasteiger partial charge < -0.3 is 10.1 Å². The predicted molar refractivity (Wildman–Crippen MR) is 86.0 cm³/mol. The Morgan fingerprint density at radius 3 is 2.85 bits per heavy atom. The zero-order valence-electron chi connectivity index (χ0n) is 11.2. The molecule has 0 unspecified atom stereocenters. The zero-order valence-corrected chi connectivity index (χ0v) is 13.6. The summed E-state index contributed by atoms with van der Waals surface area (Å²) in [6.07, 6.45) is 3.53. The van der Waals surface area contributed by atoms with Crippen LogP contribution in [0.3, 0.4) is 0 Å². The smallest absolute Gasteiger partial charge is 0.221 e. The van der Waals surface area contributed by atoms with Crippen molar-refractivity contribution in [1.29, 1.82) is 0 Å². The van der Waals surface area contributed by atoms with Crippen LogP contribution in [0.1, 0.15) is 12.8 Å². The fraction of sp³-hybridized carbons (Fsp3) is 0.400. The van der Waals surface area contributed by atoms with E-state index in [9.17, 15) is 4.79 Å². The van der Waals surface area contributed by atoms with Crippen molar-refractivity contribution in [2.75, 3.05) is 25.5 Å². The second kappa shape index (κ2) is 8.49. The Labute approximate surface area is 132 Å². The lowest BCUT2D eigenvalue weighted by Crippen LogP contribution is -2.27. The molecule has 1 heterocycles.